The number of carbonyl (C=O) groups is 1. The average molecular weight is 299 g/mol. The molecule has 1 aromatic carbocycles. The van der Waals surface area contributed by atoms with Crippen molar-refractivity contribution < 1.29 is 9.53 Å². The van der Waals surface area contributed by atoms with Crippen molar-refractivity contribution >= 4 is 11.6 Å². The molecule has 0 radical (unpaired) electrons. The molecule has 2 rings (SSSR count). The van der Waals surface area contributed by atoms with Crippen LogP contribution in [0, 0.1) is 0 Å². The molecule has 5 nitrogen and oxygen atoms in total. The van der Waals surface area contributed by atoms with Gasteiger partial charge >= 0.3 is 0 Å². The molecule has 0 fully saturated rings. The van der Waals surface area contributed by atoms with Crippen molar-refractivity contribution in [1.82, 2.24) is 10.3 Å². The van der Waals surface area contributed by atoms with Crippen molar-refractivity contribution in [3.8, 4) is 5.75 Å². The lowest BCUT2D eigenvalue weighted by Crippen LogP contribution is -2.15. The van der Waals surface area contributed by atoms with E-state index in [4.69, 9.17) is 4.74 Å². The van der Waals surface area contributed by atoms with Gasteiger partial charge in [0, 0.05) is 24.4 Å². The summed E-state index contributed by atoms with van der Waals surface area (Å²) in [5.74, 6) is 0.718. The summed E-state index contributed by atoms with van der Waals surface area (Å²) in [6.07, 6.45) is 3.05. The molecule has 0 aliphatic heterocycles. The zero-order chi connectivity index (χ0) is 15.6. The maximum atomic E-state index is 11.8. The molecular weight excluding hydrogens is 278 g/mol. The third-order valence-corrected chi connectivity index (χ3v) is 3.06. The first-order chi connectivity index (χ1) is 10.8. The van der Waals surface area contributed by atoms with E-state index in [-0.39, 0.29) is 5.91 Å². The van der Waals surface area contributed by atoms with Crippen LogP contribution in [0.1, 0.15) is 18.5 Å². The number of rotatable bonds is 8. The largest absolute Gasteiger partial charge is 0.487 e. The molecule has 1 heterocycles. The Hall–Kier alpha value is -2.40. The number of nitrogens with one attached hydrogen (secondary N) is 2. The third kappa shape index (κ3) is 5.54. The first-order valence-electron chi connectivity index (χ1n) is 7.35. The highest BCUT2D eigenvalue weighted by atomic mass is 16.5. The van der Waals surface area contributed by atoms with Gasteiger partial charge in [0.1, 0.15) is 12.4 Å². The van der Waals surface area contributed by atoms with E-state index >= 15 is 0 Å². The Labute approximate surface area is 130 Å². The number of pyridine rings is 1. The van der Waals surface area contributed by atoms with Gasteiger partial charge < -0.3 is 15.4 Å². The Morgan fingerprint density at radius 3 is 2.91 bits per heavy atom. The van der Waals surface area contributed by atoms with E-state index in [2.05, 4.69) is 15.6 Å². The van der Waals surface area contributed by atoms with Crippen LogP contribution in [0.5, 0.6) is 5.75 Å². The topological polar surface area (TPSA) is 63.2 Å². The van der Waals surface area contributed by atoms with Crippen LogP contribution >= 0.6 is 0 Å². The summed E-state index contributed by atoms with van der Waals surface area (Å²) < 4.78 is 5.69. The number of hydrogen-bond donors (Lipinski definition) is 2. The highest BCUT2D eigenvalue weighted by Gasteiger charge is 2.03. The van der Waals surface area contributed by atoms with Crippen LogP contribution in [0.2, 0.25) is 0 Å². The second-order valence-electron chi connectivity index (χ2n) is 4.89. The van der Waals surface area contributed by atoms with Crippen LogP contribution < -0.4 is 15.4 Å². The molecule has 0 aliphatic carbocycles. The SMILES string of the molecule is CNCCCC(=O)Nc1cccc(OCc2ccccn2)c1. The van der Waals surface area contributed by atoms with Gasteiger partial charge in [0.05, 0.1) is 5.69 Å². The van der Waals surface area contributed by atoms with Crippen LogP contribution in [0.3, 0.4) is 0 Å². The predicted octanol–water partition coefficient (Wildman–Crippen LogP) is 2.60. The lowest BCUT2D eigenvalue weighted by Gasteiger charge is -2.09. The van der Waals surface area contributed by atoms with Crippen LogP contribution in [0.4, 0.5) is 5.69 Å². The molecular formula is C17H21N3O2. The van der Waals surface area contributed by atoms with Crippen molar-refractivity contribution in [2.24, 2.45) is 0 Å². The Bertz CT molecular complexity index is 587. The van der Waals surface area contributed by atoms with Crippen molar-refractivity contribution in [2.75, 3.05) is 18.9 Å². The monoisotopic (exact) mass is 299 g/mol. The summed E-state index contributed by atoms with van der Waals surface area (Å²) in [5.41, 5.74) is 1.61. The van der Waals surface area contributed by atoms with Gasteiger partial charge in [-0.1, -0.05) is 12.1 Å². The number of carbonyl (C=O) groups excluding carboxylic acids is 1. The summed E-state index contributed by atoms with van der Waals surface area (Å²) in [6, 6.07) is 13.1. The van der Waals surface area contributed by atoms with Gasteiger partial charge in [-0.25, -0.2) is 0 Å². The number of hydrogen-bond acceptors (Lipinski definition) is 4. The Kier molecular flexibility index (Phi) is 6.39. The lowest BCUT2D eigenvalue weighted by molar-refractivity contribution is -0.116. The minimum absolute atomic E-state index is 0.0112. The number of ether oxygens (including phenoxy) is 1. The zero-order valence-corrected chi connectivity index (χ0v) is 12.7. The normalized spacial score (nSPS) is 10.2. The molecule has 1 aromatic heterocycles. The van der Waals surface area contributed by atoms with E-state index in [1.807, 2.05) is 49.5 Å². The van der Waals surface area contributed by atoms with Crippen molar-refractivity contribution in [3.63, 3.8) is 0 Å². The zero-order valence-electron chi connectivity index (χ0n) is 12.7. The van der Waals surface area contributed by atoms with E-state index in [0.717, 1.165) is 24.3 Å². The summed E-state index contributed by atoms with van der Waals surface area (Å²) in [7, 11) is 1.88. The van der Waals surface area contributed by atoms with E-state index in [1.54, 1.807) is 6.20 Å². The molecule has 0 unspecified atom stereocenters. The molecule has 5 heteroatoms. The second-order valence-corrected chi connectivity index (χ2v) is 4.89. The molecule has 0 saturated carbocycles. The van der Waals surface area contributed by atoms with Crippen molar-refractivity contribution in [2.45, 2.75) is 19.4 Å². The number of amides is 1. The first kappa shape index (κ1) is 16.0. The van der Waals surface area contributed by atoms with Crippen LogP contribution in [-0.4, -0.2) is 24.5 Å². The molecule has 22 heavy (non-hydrogen) atoms. The number of benzene rings is 1. The Morgan fingerprint density at radius 1 is 1.23 bits per heavy atom. The Balaban J connectivity index is 1.85. The molecule has 2 N–H and O–H groups in total. The van der Waals surface area contributed by atoms with Crippen molar-refractivity contribution in [1.29, 1.82) is 0 Å². The number of anilines is 1. The molecule has 0 bridgehead atoms. The Morgan fingerprint density at radius 2 is 2.14 bits per heavy atom. The van der Waals surface area contributed by atoms with E-state index in [9.17, 15) is 4.79 Å². The van der Waals surface area contributed by atoms with Gasteiger partial charge in [-0.15, -0.1) is 0 Å². The van der Waals surface area contributed by atoms with Crippen LogP contribution in [0.15, 0.2) is 48.7 Å². The highest BCUT2D eigenvalue weighted by Crippen LogP contribution is 2.18. The van der Waals surface area contributed by atoms with Gasteiger partial charge in [-0.3, -0.25) is 9.78 Å². The highest BCUT2D eigenvalue weighted by molar-refractivity contribution is 5.90. The number of nitrogens with zero attached hydrogens (tertiary/aromatic N) is 1. The standard InChI is InChI=1S/C17H21N3O2/c1-18-10-5-9-17(21)20-14-7-4-8-16(12-14)22-13-15-6-2-3-11-19-15/h2-4,6-8,11-12,18H,5,9-10,13H2,1H3,(H,20,21). The van der Waals surface area contributed by atoms with Crippen LogP contribution in [0.25, 0.3) is 0 Å². The quantitative estimate of drug-likeness (QED) is 0.735. The molecule has 0 spiro atoms. The maximum absolute atomic E-state index is 11.8. The molecule has 2 aromatic rings. The van der Waals surface area contributed by atoms with E-state index in [1.165, 1.54) is 0 Å². The third-order valence-electron chi connectivity index (χ3n) is 3.06. The molecule has 0 aliphatic rings. The molecule has 0 saturated heterocycles. The fourth-order valence-corrected chi connectivity index (χ4v) is 1.95. The second kappa shape index (κ2) is 8.79. The summed E-state index contributed by atoms with van der Waals surface area (Å²) in [5, 5.41) is 5.90. The van der Waals surface area contributed by atoms with Crippen molar-refractivity contribution in [3.05, 3.63) is 54.4 Å². The van der Waals surface area contributed by atoms with Gasteiger partial charge in [-0.05, 0) is 44.3 Å². The van der Waals surface area contributed by atoms with Gasteiger partial charge in [0.25, 0.3) is 0 Å². The summed E-state index contributed by atoms with van der Waals surface area (Å²) >= 11 is 0. The fourth-order valence-electron chi connectivity index (χ4n) is 1.95. The van der Waals surface area contributed by atoms with E-state index < -0.39 is 0 Å². The van der Waals surface area contributed by atoms with Gasteiger partial charge in [0.15, 0.2) is 0 Å². The molecule has 0 atom stereocenters. The van der Waals surface area contributed by atoms with Crippen LogP contribution in [-0.2, 0) is 11.4 Å². The van der Waals surface area contributed by atoms with Gasteiger partial charge in [-0.2, -0.15) is 0 Å². The van der Waals surface area contributed by atoms with Gasteiger partial charge in [0.2, 0.25) is 5.91 Å². The summed E-state index contributed by atoms with van der Waals surface area (Å²) in [4.78, 5) is 16.0. The van der Waals surface area contributed by atoms with E-state index in [0.29, 0.717) is 18.8 Å². The molecule has 1 amide bonds. The predicted molar refractivity (Wildman–Crippen MR) is 86.8 cm³/mol. The number of aromatic nitrogens is 1. The first-order valence-corrected chi connectivity index (χ1v) is 7.35. The fraction of sp³-hybridized carbons (Fsp3) is 0.294. The lowest BCUT2D eigenvalue weighted by atomic mass is 10.2. The molecule has 116 valence electrons. The summed E-state index contributed by atoms with van der Waals surface area (Å²) in [6.45, 7) is 1.24. The average Bonchev–Trinajstić information content (AvgIpc) is 2.54. The smallest absolute Gasteiger partial charge is 0.224 e. The minimum Gasteiger partial charge on any atom is -0.487 e. The minimum atomic E-state index is 0.0112. The maximum Gasteiger partial charge on any atom is 0.224 e.